The molecule has 4 rings (SSSR count). The maximum absolute atomic E-state index is 13.1. The van der Waals surface area contributed by atoms with Gasteiger partial charge in [0.2, 0.25) is 0 Å². The molecule has 8 nitrogen and oxygen atoms in total. The average molecular weight is 467 g/mol. The van der Waals surface area contributed by atoms with Gasteiger partial charge in [0.05, 0.1) is 21.8 Å². The lowest BCUT2D eigenvalue weighted by Crippen LogP contribution is -2.47. The van der Waals surface area contributed by atoms with E-state index in [0.29, 0.717) is 31.9 Å². The number of pyridine rings is 1. The van der Waals surface area contributed by atoms with Crippen molar-refractivity contribution in [3.8, 4) is 0 Å². The number of sulfonamides is 1. The Hall–Kier alpha value is -3.59. The van der Waals surface area contributed by atoms with Crippen molar-refractivity contribution in [1.82, 2.24) is 4.98 Å². The number of piperazine rings is 1. The number of carboxylic acids is 1. The number of aromatic nitrogens is 1. The number of rotatable bonds is 6. The van der Waals surface area contributed by atoms with Crippen LogP contribution in [0, 0.1) is 13.8 Å². The number of aromatic carboxylic acids is 1. The van der Waals surface area contributed by atoms with Crippen LogP contribution in [0.1, 0.15) is 21.5 Å². The highest BCUT2D eigenvalue weighted by Crippen LogP contribution is 2.31. The third-order valence-corrected chi connectivity index (χ3v) is 7.23. The summed E-state index contributed by atoms with van der Waals surface area (Å²) in [5.74, 6) is -0.220. The summed E-state index contributed by atoms with van der Waals surface area (Å²) in [6, 6.07) is 15.2. The molecule has 1 fully saturated rings. The van der Waals surface area contributed by atoms with Crippen molar-refractivity contribution in [2.45, 2.75) is 18.7 Å². The van der Waals surface area contributed by atoms with E-state index in [0.717, 1.165) is 16.9 Å². The van der Waals surface area contributed by atoms with Crippen LogP contribution < -0.4 is 14.5 Å². The highest BCUT2D eigenvalue weighted by atomic mass is 32.2. The molecule has 33 heavy (non-hydrogen) atoms. The molecule has 0 unspecified atom stereocenters. The van der Waals surface area contributed by atoms with Crippen LogP contribution in [0.5, 0.6) is 0 Å². The maximum atomic E-state index is 13.1. The molecule has 2 aromatic carbocycles. The van der Waals surface area contributed by atoms with Crippen molar-refractivity contribution in [2.75, 3.05) is 40.7 Å². The molecule has 0 aliphatic carbocycles. The Balaban J connectivity index is 1.62. The number of carboxylic acid groups (broad SMARTS) is 1. The van der Waals surface area contributed by atoms with Crippen LogP contribution in [-0.4, -0.2) is 50.7 Å². The summed E-state index contributed by atoms with van der Waals surface area (Å²) >= 11 is 0. The first-order valence-electron chi connectivity index (χ1n) is 10.6. The molecule has 9 heteroatoms. The molecule has 0 amide bonds. The van der Waals surface area contributed by atoms with E-state index < -0.39 is 16.0 Å². The first-order valence-corrected chi connectivity index (χ1v) is 12.1. The number of benzene rings is 2. The Kier molecular flexibility index (Phi) is 6.24. The lowest BCUT2D eigenvalue weighted by molar-refractivity contribution is 0.0697. The first-order chi connectivity index (χ1) is 15.7. The molecule has 0 atom stereocenters. The van der Waals surface area contributed by atoms with Crippen molar-refractivity contribution >= 4 is 33.2 Å². The van der Waals surface area contributed by atoms with E-state index in [1.807, 2.05) is 32.0 Å². The largest absolute Gasteiger partial charge is 0.478 e. The highest BCUT2D eigenvalue weighted by Gasteiger charge is 2.24. The number of hydrogen-bond donors (Lipinski definition) is 2. The van der Waals surface area contributed by atoms with Crippen molar-refractivity contribution in [3.63, 3.8) is 0 Å². The van der Waals surface area contributed by atoms with Crippen LogP contribution in [0.4, 0.5) is 17.2 Å². The van der Waals surface area contributed by atoms with Crippen molar-refractivity contribution < 1.29 is 18.3 Å². The van der Waals surface area contributed by atoms with Gasteiger partial charge in [-0.25, -0.2) is 18.2 Å². The summed E-state index contributed by atoms with van der Waals surface area (Å²) in [5.41, 5.74) is 2.77. The molecule has 2 N–H and O–H groups in total. The number of carbonyl (C=O) groups is 1. The smallest absolute Gasteiger partial charge is 0.335 e. The summed E-state index contributed by atoms with van der Waals surface area (Å²) in [6.45, 7) is 6.47. The average Bonchev–Trinajstić information content (AvgIpc) is 2.81. The van der Waals surface area contributed by atoms with E-state index in [-0.39, 0.29) is 16.1 Å². The summed E-state index contributed by atoms with van der Waals surface area (Å²) in [7, 11) is -3.90. The standard InChI is InChI=1S/C24H26N4O4S/c1-17-6-8-20(15-18(17)2)33(31,32)26-21-16-19(24(29)30)7-9-22(21)27-11-13-28(14-12-27)23-5-3-4-10-25-23/h3-10,15-16,26H,11-14H2,1-2H3,(H,29,30). The van der Waals surface area contributed by atoms with Gasteiger partial charge in [-0.1, -0.05) is 12.1 Å². The molecule has 1 aliphatic rings. The zero-order valence-electron chi connectivity index (χ0n) is 18.5. The van der Waals surface area contributed by atoms with E-state index in [1.165, 1.54) is 12.1 Å². The molecule has 1 aromatic heterocycles. The SMILES string of the molecule is Cc1ccc(S(=O)(=O)Nc2cc(C(=O)O)ccc2N2CCN(c3ccccn3)CC2)cc1C. The second-order valence-corrected chi connectivity index (χ2v) is 9.73. The Morgan fingerprint density at radius 3 is 2.30 bits per heavy atom. The lowest BCUT2D eigenvalue weighted by atomic mass is 10.1. The van der Waals surface area contributed by atoms with Crippen LogP contribution in [0.25, 0.3) is 0 Å². The van der Waals surface area contributed by atoms with Crippen LogP contribution in [-0.2, 0) is 10.0 Å². The fourth-order valence-corrected chi connectivity index (χ4v) is 4.98. The van der Waals surface area contributed by atoms with E-state index >= 15 is 0 Å². The van der Waals surface area contributed by atoms with Gasteiger partial charge < -0.3 is 14.9 Å². The lowest BCUT2D eigenvalue weighted by Gasteiger charge is -2.37. The number of anilines is 3. The number of nitrogens with zero attached hydrogens (tertiary/aromatic N) is 3. The minimum absolute atomic E-state index is 0.0173. The summed E-state index contributed by atoms with van der Waals surface area (Å²) in [5, 5.41) is 9.45. The summed E-state index contributed by atoms with van der Waals surface area (Å²) in [4.78, 5) is 20.3. The Morgan fingerprint density at radius 2 is 1.67 bits per heavy atom. The van der Waals surface area contributed by atoms with Crippen LogP contribution in [0.2, 0.25) is 0 Å². The minimum Gasteiger partial charge on any atom is -0.478 e. The van der Waals surface area contributed by atoms with Crippen LogP contribution in [0.3, 0.4) is 0 Å². The highest BCUT2D eigenvalue weighted by molar-refractivity contribution is 7.92. The maximum Gasteiger partial charge on any atom is 0.335 e. The fourth-order valence-electron chi connectivity index (χ4n) is 3.83. The predicted octanol–water partition coefficient (Wildman–Crippen LogP) is 3.52. The molecular formula is C24H26N4O4S. The molecular weight excluding hydrogens is 440 g/mol. The van der Waals surface area contributed by atoms with Crippen molar-refractivity contribution in [2.24, 2.45) is 0 Å². The first kappa shape index (κ1) is 22.6. The van der Waals surface area contributed by atoms with Crippen molar-refractivity contribution in [1.29, 1.82) is 0 Å². The van der Waals surface area contributed by atoms with Gasteiger partial charge in [0.25, 0.3) is 10.0 Å². The normalized spacial score (nSPS) is 14.2. The summed E-state index contributed by atoms with van der Waals surface area (Å²) in [6.07, 6.45) is 1.76. The van der Waals surface area contributed by atoms with Crippen molar-refractivity contribution in [3.05, 3.63) is 77.5 Å². The third kappa shape index (κ3) is 4.93. The molecule has 0 bridgehead atoms. The molecule has 3 aromatic rings. The molecule has 172 valence electrons. The van der Waals surface area contributed by atoms with Gasteiger partial charge in [-0.15, -0.1) is 0 Å². The zero-order valence-corrected chi connectivity index (χ0v) is 19.3. The molecule has 0 spiro atoms. The van der Waals surface area contributed by atoms with Gasteiger partial charge in [-0.05, 0) is 67.4 Å². The second-order valence-electron chi connectivity index (χ2n) is 8.05. The van der Waals surface area contributed by atoms with Gasteiger partial charge in [-0.2, -0.15) is 0 Å². The van der Waals surface area contributed by atoms with E-state index in [1.54, 1.807) is 30.5 Å². The predicted molar refractivity (Wildman–Crippen MR) is 129 cm³/mol. The Labute approximate surface area is 193 Å². The third-order valence-electron chi connectivity index (χ3n) is 5.87. The van der Waals surface area contributed by atoms with Gasteiger partial charge >= 0.3 is 5.97 Å². The molecule has 0 radical (unpaired) electrons. The Bertz CT molecular complexity index is 1270. The Morgan fingerprint density at radius 1 is 0.939 bits per heavy atom. The van der Waals surface area contributed by atoms with Gasteiger partial charge in [0, 0.05) is 32.4 Å². The topological polar surface area (TPSA) is 103 Å². The van der Waals surface area contributed by atoms with Gasteiger partial charge in [0.1, 0.15) is 5.82 Å². The summed E-state index contributed by atoms with van der Waals surface area (Å²) < 4.78 is 28.9. The van der Waals surface area contributed by atoms with Gasteiger partial charge in [0.15, 0.2) is 0 Å². The molecule has 2 heterocycles. The number of aryl methyl sites for hydroxylation is 2. The zero-order chi connectivity index (χ0) is 23.6. The van der Waals surface area contributed by atoms with Gasteiger partial charge in [-0.3, -0.25) is 4.72 Å². The number of hydrogen-bond acceptors (Lipinski definition) is 6. The second kappa shape index (κ2) is 9.11. The molecule has 1 saturated heterocycles. The van der Waals surface area contributed by atoms with E-state index in [9.17, 15) is 18.3 Å². The van der Waals surface area contributed by atoms with Crippen LogP contribution >= 0.6 is 0 Å². The monoisotopic (exact) mass is 466 g/mol. The quantitative estimate of drug-likeness (QED) is 0.573. The molecule has 0 saturated carbocycles. The number of nitrogens with one attached hydrogen (secondary N) is 1. The molecule has 1 aliphatic heterocycles. The van der Waals surface area contributed by atoms with Crippen LogP contribution in [0.15, 0.2) is 65.7 Å². The minimum atomic E-state index is -3.90. The van der Waals surface area contributed by atoms with E-state index in [2.05, 4.69) is 19.5 Å². The fraction of sp³-hybridized carbons (Fsp3) is 0.250. The van der Waals surface area contributed by atoms with E-state index in [4.69, 9.17) is 0 Å².